The largest absolute Gasteiger partial charge is 0.363 e. The predicted molar refractivity (Wildman–Crippen MR) is 75.2 cm³/mol. The van der Waals surface area contributed by atoms with Gasteiger partial charge in [0.15, 0.2) is 0 Å². The highest BCUT2D eigenvalue weighted by Gasteiger charge is 2.33. The SMILES string of the molecule is C[C@H](NC(=O)COC1(C)CNC1)c1cccc(Cl)c1. The van der Waals surface area contributed by atoms with E-state index in [1.807, 2.05) is 38.1 Å². The van der Waals surface area contributed by atoms with E-state index in [4.69, 9.17) is 16.3 Å². The van der Waals surface area contributed by atoms with Crippen LogP contribution in [-0.2, 0) is 9.53 Å². The summed E-state index contributed by atoms with van der Waals surface area (Å²) < 4.78 is 5.59. The smallest absolute Gasteiger partial charge is 0.246 e. The van der Waals surface area contributed by atoms with E-state index < -0.39 is 0 Å². The van der Waals surface area contributed by atoms with Crippen molar-refractivity contribution in [2.24, 2.45) is 0 Å². The maximum atomic E-state index is 11.8. The summed E-state index contributed by atoms with van der Waals surface area (Å²) in [4.78, 5) is 11.8. The molecule has 0 unspecified atom stereocenters. The molecule has 5 heteroatoms. The summed E-state index contributed by atoms with van der Waals surface area (Å²) in [5.74, 6) is -0.111. The first kappa shape index (κ1) is 14.3. The standard InChI is InChI=1S/C14H19ClN2O2/c1-10(11-4-3-5-12(15)6-11)17-13(18)7-19-14(2)8-16-9-14/h3-6,10,16H,7-9H2,1-2H3,(H,17,18)/t10-/m0/s1. The minimum absolute atomic E-state index is 0.0814. The summed E-state index contributed by atoms with van der Waals surface area (Å²) >= 11 is 5.93. The van der Waals surface area contributed by atoms with Gasteiger partial charge >= 0.3 is 0 Å². The van der Waals surface area contributed by atoms with Crippen molar-refractivity contribution in [2.75, 3.05) is 19.7 Å². The molecule has 1 fully saturated rings. The number of rotatable bonds is 5. The van der Waals surface area contributed by atoms with Gasteiger partial charge in [0.1, 0.15) is 6.61 Å². The average Bonchev–Trinajstić information content (AvgIpc) is 2.34. The van der Waals surface area contributed by atoms with Gasteiger partial charge in [-0.25, -0.2) is 0 Å². The lowest BCUT2D eigenvalue weighted by Crippen LogP contribution is -2.59. The molecule has 2 N–H and O–H groups in total. The topological polar surface area (TPSA) is 50.4 Å². The molecule has 0 bridgehead atoms. The van der Waals surface area contributed by atoms with Crippen LogP contribution < -0.4 is 10.6 Å². The maximum Gasteiger partial charge on any atom is 0.246 e. The van der Waals surface area contributed by atoms with Crippen LogP contribution in [0.5, 0.6) is 0 Å². The van der Waals surface area contributed by atoms with Gasteiger partial charge in [-0.05, 0) is 31.5 Å². The Balaban J connectivity index is 1.81. The highest BCUT2D eigenvalue weighted by molar-refractivity contribution is 6.30. The molecule has 1 atom stereocenters. The van der Waals surface area contributed by atoms with Gasteiger partial charge in [0, 0.05) is 18.1 Å². The number of hydrogen-bond donors (Lipinski definition) is 2. The zero-order valence-electron chi connectivity index (χ0n) is 11.2. The van der Waals surface area contributed by atoms with Crippen LogP contribution >= 0.6 is 11.6 Å². The van der Waals surface area contributed by atoms with Crippen LogP contribution in [0.4, 0.5) is 0 Å². The number of nitrogens with one attached hydrogen (secondary N) is 2. The van der Waals surface area contributed by atoms with Crippen LogP contribution in [0.2, 0.25) is 5.02 Å². The second-order valence-corrected chi connectivity index (χ2v) is 5.62. The Bertz CT molecular complexity index is 461. The Kier molecular flexibility index (Phi) is 4.45. The van der Waals surface area contributed by atoms with Crippen molar-refractivity contribution in [1.29, 1.82) is 0 Å². The molecular weight excluding hydrogens is 264 g/mol. The molecule has 1 heterocycles. The van der Waals surface area contributed by atoms with Crippen molar-refractivity contribution >= 4 is 17.5 Å². The minimum atomic E-state index is -0.198. The molecule has 1 amide bonds. The second kappa shape index (κ2) is 5.90. The summed E-state index contributed by atoms with van der Waals surface area (Å²) in [6.45, 7) is 5.60. The summed E-state index contributed by atoms with van der Waals surface area (Å²) in [7, 11) is 0. The quantitative estimate of drug-likeness (QED) is 0.867. The molecule has 1 aromatic rings. The van der Waals surface area contributed by atoms with Gasteiger partial charge in [-0.3, -0.25) is 4.79 Å². The third-order valence-electron chi connectivity index (χ3n) is 3.28. The number of halogens is 1. The van der Waals surface area contributed by atoms with Crippen molar-refractivity contribution in [3.05, 3.63) is 34.9 Å². The van der Waals surface area contributed by atoms with Crippen LogP contribution in [0.1, 0.15) is 25.5 Å². The van der Waals surface area contributed by atoms with Gasteiger partial charge in [0.2, 0.25) is 5.91 Å². The van der Waals surface area contributed by atoms with E-state index in [2.05, 4.69) is 10.6 Å². The Morgan fingerprint density at radius 2 is 2.32 bits per heavy atom. The van der Waals surface area contributed by atoms with Gasteiger partial charge in [0.25, 0.3) is 0 Å². The van der Waals surface area contributed by atoms with Crippen LogP contribution in [-0.4, -0.2) is 31.2 Å². The van der Waals surface area contributed by atoms with Crippen molar-refractivity contribution in [3.63, 3.8) is 0 Å². The van der Waals surface area contributed by atoms with Crippen molar-refractivity contribution in [2.45, 2.75) is 25.5 Å². The summed E-state index contributed by atoms with van der Waals surface area (Å²) in [6.07, 6.45) is 0. The number of benzene rings is 1. The monoisotopic (exact) mass is 282 g/mol. The fourth-order valence-electron chi connectivity index (χ4n) is 1.96. The molecule has 19 heavy (non-hydrogen) atoms. The van der Waals surface area contributed by atoms with Gasteiger partial charge in [-0.2, -0.15) is 0 Å². The Morgan fingerprint density at radius 3 is 2.89 bits per heavy atom. The summed E-state index contributed by atoms with van der Waals surface area (Å²) in [6, 6.07) is 7.40. The van der Waals surface area contributed by atoms with Gasteiger partial charge in [-0.1, -0.05) is 23.7 Å². The molecular formula is C14H19ClN2O2. The normalized spacial score (nSPS) is 18.5. The maximum absolute atomic E-state index is 11.8. The number of hydrogen-bond acceptors (Lipinski definition) is 3. The number of carbonyl (C=O) groups is 1. The second-order valence-electron chi connectivity index (χ2n) is 5.19. The molecule has 1 aliphatic heterocycles. The summed E-state index contributed by atoms with van der Waals surface area (Å²) in [5.41, 5.74) is 0.786. The van der Waals surface area contributed by atoms with E-state index in [1.54, 1.807) is 0 Å². The van der Waals surface area contributed by atoms with Gasteiger partial charge < -0.3 is 15.4 Å². The first-order valence-electron chi connectivity index (χ1n) is 6.38. The van der Waals surface area contributed by atoms with Crippen LogP contribution in [0.25, 0.3) is 0 Å². The number of amides is 1. The zero-order valence-corrected chi connectivity index (χ0v) is 12.0. The molecule has 0 aliphatic carbocycles. The van der Waals surface area contributed by atoms with Gasteiger partial charge in [-0.15, -0.1) is 0 Å². The van der Waals surface area contributed by atoms with Gasteiger partial charge in [0.05, 0.1) is 11.6 Å². The van der Waals surface area contributed by atoms with Crippen LogP contribution in [0.3, 0.4) is 0 Å². The minimum Gasteiger partial charge on any atom is -0.363 e. The van der Waals surface area contributed by atoms with Crippen LogP contribution in [0, 0.1) is 0 Å². The van der Waals surface area contributed by atoms with Crippen molar-refractivity contribution < 1.29 is 9.53 Å². The fourth-order valence-corrected chi connectivity index (χ4v) is 2.16. The lowest BCUT2D eigenvalue weighted by Gasteiger charge is -2.38. The molecule has 104 valence electrons. The van der Waals surface area contributed by atoms with Crippen LogP contribution in [0.15, 0.2) is 24.3 Å². The van der Waals surface area contributed by atoms with E-state index in [0.29, 0.717) is 5.02 Å². The van der Waals surface area contributed by atoms with E-state index in [-0.39, 0.29) is 24.2 Å². The lowest BCUT2D eigenvalue weighted by atomic mass is 10.0. The number of ether oxygens (including phenoxy) is 1. The van der Waals surface area contributed by atoms with E-state index >= 15 is 0 Å². The van der Waals surface area contributed by atoms with E-state index in [1.165, 1.54) is 0 Å². The third kappa shape index (κ3) is 3.93. The van der Waals surface area contributed by atoms with Crippen molar-refractivity contribution in [1.82, 2.24) is 10.6 Å². The summed E-state index contributed by atoms with van der Waals surface area (Å²) in [5, 5.41) is 6.70. The lowest BCUT2D eigenvalue weighted by molar-refractivity contribution is -0.136. The first-order chi connectivity index (χ1) is 8.98. The van der Waals surface area contributed by atoms with E-state index in [0.717, 1.165) is 18.7 Å². The third-order valence-corrected chi connectivity index (χ3v) is 3.51. The molecule has 1 aliphatic rings. The van der Waals surface area contributed by atoms with Crippen molar-refractivity contribution in [3.8, 4) is 0 Å². The highest BCUT2D eigenvalue weighted by atomic mass is 35.5. The average molecular weight is 283 g/mol. The van der Waals surface area contributed by atoms with E-state index in [9.17, 15) is 4.79 Å². The molecule has 2 rings (SSSR count). The Labute approximate surface area is 118 Å². The molecule has 0 radical (unpaired) electrons. The fraction of sp³-hybridized carbons (Fsp3) is 0.500. The molecule has 0 saturated carbocycles. The highest BCUT2D eigenvalue weighted by Crippen LogP contribution is 2.18. The molecule has 1 saturated heterocycles. The number of carbonyl (C=O) groups excluding carboxylic acids is 1. The molecule has 0 spiro atoms. The predicted octanol–water partition coefficient (Wildman–Crippen LogP) is 1.90. The molecule has 4 nitrogen and oxygen atoms in total. The Hall–Kier alpha value is -1.10. The Morgan fingerprint density at radius 1 is 1.58 bits per heavy atom. The zero-order chi connectivity index (χ0) is 13.9. The molecule has 1 aromatic carbocycles. The molecule has 0 aromatic heterocycles. The first-order valence-corrected chi connectivity index (χ1v) is 6.76.